The number of hydrogen-bond acceptors (Lipinski definition) is 4. The van der Waals surface area contributed by atoms with Crippen molar-refractivity contribution >= 4 is 42.3 Å². The van der Waals surface area contributed by atoms with E-state index in [-0.39, 0.29) is 0 Å². The smallest absolute Gasteiger partial charge is 0.164 e. The second-order valence-electron chi connectivity index (χ2n) is 11.6. The second kappa shape index (κ2) is 11.4. The fourth-order valence-corrected chi connectivity index (χ4v) is 7.64. The van der Waals surface area contributed by atoms with E-state index >= 15 is 0 Å². The largest absolute Gasteiger partial charge is 0.208 e. The first-order valence-electron chi connectivity index (χ1n) is 15.7. The summed E-state index contributed by atoms with van der Waals surface area (Å²) in [5.74, 6) is 1.95. The van der Waals surface area contributed by atoms with E-state index < -0.39 is 0 Å². The average Bonchev–Trinajstić information content (AvgIpc) is 3.55. The second-order valence-corrected chi connectivity index (χ2v) is 12.7. The molecule has 47 heavy (non-hydrogen) atoms. The number of fused-ring (bicyclic) bond motifs is 5. The summed E-state index contributed by atoms with van der Waals surface area (Å²) in [6.07, 6.45) is 0. The Morgan fingerprint density at radius 2 is 0.830 bits per heavy atom. The lowest BCUT2D eigenvalue weighted by molar-refractivity contribution is 1.07. The van der Waals surface area contributed by atoms with Crippen LogP contribution in [0.15, 0.2) is 164 Å². The van der Waals surface area contributed by atoms with Gasteiger partial charge in [-0.1, -0.05) is 152 Å². The molecule has 0 spiro atoms. The molecule has 0 aliphatic rings. The maximum Gasteiger partial charge on any atom is 0.164 e. The molecule has 9 rings (SSSR count). The Hall–Kier alpha value is -5.97. The summed E-state index contributed by atoms with van der Waals surface area (Å²) in [5.41, 5.74) is 7.51. The molecule has 2 aromatic heterocycles. The van der Waals surface area contributed by atoms with Gasteiger partial charge in [-0.15, -0.1) is 11.3 Å². The van der Waals surface area contributed by atoms with Crippen molar-refractivity contribution < 1.29 is 0 Å². The maximum atomic E-state index is 5.02. The van der Waals surface area contributed by atoms with Gasteiger partial charge in [0.1, 0.15) is 0 Å². The van der Waals surface area contributed by atoms with Crippen LogP contribution in [0.25, 0.3) is 87.4 Å². The highest BCUT2D eigenvalue weighted by Gasteiger charge is 2.15. The molecule has 0 amide bonds. The van der Waals surface area contributed by atoms with Gasteiger partial charge in [0.05, 0.1) is 0 Å². The number of benzene rings is 7. The van der Waals surface area contributed by atoms with Crippen molar-refractivity contribution in [3.8, 4) is 56.4 Å². The zero-order valence-corrected chi connectivity index (χ0v) is 26.2. The number of hydrogen-bond donors (Lipinski definition) is 0. The summed E-state index contributed by atoms with van der Waals surface area (Å²) in [6.45, 7) is 0. The molecular formula is C43H27N3S. The van der Waals surface area contributed by atoms with Crippen molar-refractivity contribution in [3.05, 3.63) is 164 Å². The van der Waals surface area contributed by atoms with E-state index in [1.165, 1.54) is 36.5 Å². The van der Waals surface area contributed by atoms with Crippen molar-refractivity contribution in [3.63, 3.8) is 0 Å². The van der Waals surface area contributed by atoms with Crippen LogP contribution in [0.3, 0.4) is 0 Å². The zero-order chi connectivity index (χ0) is 31.2. The van der Waals surface area contributed by atoms with Gasteiger partial charge in [0.25, 0.3) is 0 Å². The van der Waals surface area contributed by atoms with Gasteiger partial charge >= 0.3 is 0 Å². The van der Waals surface area contributed by atoms with Gasteiger partial charge in [0.15, 0.2) is 17.5 Å². The molecule has 0 bridgehead atoms. The van der Waals surface area contributed by atoms with Gasteiger partial charge in [0.2, 0.25) is 0 Å². The molecule has 0 N–H and O–H groups in total. The Bertz CT molecular complexity index is 2550. The van der Waals surface area contributed by atoms with Crippen LogP contribution in [-0.2, 0) is 0 Å². The Labute approximate surface area is 276 Å². The highest BCUT2D eigenvalue weighted by Crippen LogP contribution is 2.41. The SMILES string of the molecule is c1ccc(-c2cccc(-c3nc(-c4ccccc4)nc(-c4ccc(-c5cccc6c5ccc5c7ccccc7sc65)cc4)n3)c2)cc1. The summed E-state index contributed by atoms with van der Waals surface area (Å²) in [5, 5.41) is 5.19. The van der Waals surface area contributed by atoms with E-state index in [4.69, 9.17) is 15.0 Å². The summed E-state index contributed by atoms with van der Waals surface area (Å²) < 4.78 is 2.66. The first-order valence-corrected chi connectivity index (χ1v) is 16.5. The third-order valence-electron chi connectivity index (χ3n) is 8.75. The summed E-state index contributed by atoms with van der Waals surface area (Å²) >= 11 is 1.87. The minimum absolute atomic E-state index is 0.649. The zero-order valence-electron chi connectivity index (χ0n) is 25.3. The van der Waals surface area contributed by atoms with Gasteiger partial charge in [-0.25, -0.2) is 15.0 Å². The van der Waals surface area contributed by atoms with Crippen LogP contribution in [0.1, 0.15) is 0 Å². The summed E-state index contributed by atoms with van der Waals surface area (Å²) in [6, 6.07) is 57.4. The quantitative estimate of drug-likeness (QED) is 0.193. The molecule has 2 heterocycles. The Balaban J connectivity index is 1.14. The molecule has 7 aromatic carbocycles. The molecule has 220 valence electrons. The molecule has 0 unspecified atom stereocenters. The van der Waals surface area contributed by atoms with Gasteiger partial charge in [-0.3, -0.25) is 0 Å². The number of nitrogens with zero attached hydrogens (tertiary/aromatic N) is 3. The van der Waals surface area contributed by atoms with Crippen LogP contribution in [0.2, 0.25) is 0 Å². The standard InChI is InChI=1S/C43H27N3S/c1-3-11-28(12-4-1)32-15-9-16-33(27-32)43-45-41(30-13-5-2-6-14-30)44-42(46-43)31-23-21-29(22-24-31)34-18-10-19-37-35(34)25-26-38-36-17-7-8-20-39(36)47-40(37)38/h1-27H. The third-order valence-corrected chi connectivity index (χ3v) is 9.97. The molecule has 0 aliphatic carbocycles. The molecule has 0 saturated heterocycles. The summed E-state index contributed by atoms with van der Waals surface area (Å²) in [7, 11) is 0. The molecule has 0 fully saturated rings. The summed E-state index contributed by atoms with van der Waals surface area (Å²) in [4.78, 5) is 14.9. The maximum absolute atomic E-state index is 5.02. The molecule has 0 atom stereocenters. The monoisotopic (exact) mass is 617 g/mol. The normalized spacial score (nSPS) is 11.4. The van der Waals surface area contributed by atoms with Crippen molar-refractivity contribution in [2.45, 2.75) is 0 Å². The predicted octanol–water partition coefficient (Wildman–Crippen LogP) is 11.7. The minimum atomic E-state index is 0.649. The number of thiophene rings is 1. The highest BCUT2D eigenvalue weighted by atomic mass is 32.1. The van der Waals surface area contributed by atoms with Gasteiger partial charge in [-0.05, 0) is 39.8 Å². The van der Waals surface area contributed by atoms with E-state index in [2.05, 4.69) is 127 Å². The fourth-order valence-electron chi connectivity index (χ4n) is 6.41. The van der Waals surface area contributed by atoms with E-state index in [1.54, 1.807) is 0 Å². The molecule has 0 radical (unpaired) electrons. The minimum Gasteiger partial charge on any atom is -0.208 e. The molecule has 4 heteroatoms. The number of rotatable bonds is 5. The first kappa shape index (κ1) is 27.3. The van der Waals surface area contributed by atoms with Crippen molar-refractivity contribution in [2.24, 2.45) is 0 Å². The van der Waals surface area contributed by atoms with E-state index in [1.807, 2.05) is 47.7 Å². The van der Waals surface area contributed by atoms with Gasteiger partial charge in [0, 0.05) is 42.2 Å². The molecule has 3 nitrogen and oxygen atoms in total. The van der Waals surface area contributed by atoms with Crippen LogP contribution in [0.5, 0.6) is 0 Å². The van der Waals surface area contributed by atoms with Crippen molar-refractivity contribution in [1.29, 1.82) is 0 Å². The average molecular weight is 618 g/mol. The topological polar surface area (TPSA) is 38.7 Å². The van der Waals surface area contributed by atoms with Crippen LogP contribution < -0.4 is 0 Å². The van der Waals surface area contributed by atoms with Crippen LogP contribution >= 0.6 is 11.3 Å². The van der Waals surface area contributed by atoms with Crippen LogP contribution in [0.4, 0.5) is 0 Å². The van der Waals surface area contributed by atoms with Gasteiger partial charge in [-0.2, -0.15) is 0 Å². The Morgan fingerprint density at radius 3 is 1.60 bits per heavy atom. The Kier molecular flexibility index (Phi) is 6.65. The molecular weight excluding hydrogens is 591 g/mol. The lowest BCUT2D eigenvalue weighted by Gasteiger charge is -2.11. The van der Waals surface area contributed by atoms with E-state index in [0.717, 1.165) is 33.4 Å². The van der Waals surface area contributed by atoms with Crippen LogP contribution in [-0.4, -0.2) is 15.0 Å². The van der Waals surface area contributed by atoms with Crippen LogP contribution in [0, 0.1) is 0 Å². The fraction of sp³-hybridized carbons (Fsp3) is 0. The Morgan fingerprint density at radius 1 is 0.319 bits per heavy atom. The molecule has 0 saturated carbocycles. The predicted molar refractivity (Wildman–Crippen MR) is 197 cm³/mol. The lowest BCUT2D eigenvalue weighted by Crippen LogP contribution is -2.00. The van der Waals surface area contributed by atoms with E-state index in [0.29, 0.717) is 17.5 Å². The van der Waals surface area contributed by atoms with E-state index in [9.17, 15) is 0 Å². The van der Waals surface area contributed by atoms with Crippen molar-refractivity contribution in [1.82, 2.24) is 15.0 Å². The van der Waals surface area contributed by atoms with Gasteiger partial charge < -0.3 is 0 Å². The lowest BCUT2D eigenvalue weighted by atomic mass is 9.96. The number of aromatic nitrogens is 3. The first-order chi connectivity index (χ1) is 23.3. The third kappa shape index (κ3) is 4.96. The molecule has 9 aromatic rings. The molecule has 0 aliphatic heterocycles. The highest BCUT2D eigenvalue weighted by molar-refractivity contribution is 7.26. The van der Waals surface area contributed by atoms with Crippen molar-refractivity contribution in [2.75, 3.05) is 0 Å².